The Morgan fingerprint density at radius 2 is 1.72 bits per heavy atom. The van der Waals surface area contributed by atoms with E-state index in [0.29, 0.717) is 31.0 Å². The number of anilines is 1. The molecule has 1 heterocycles. The van der Waals surface area contributed by atoms with Gasteiger partial charge in [-0.3, -0.25) is 9.59 Å². The molecule has 1 saturated heterocycles. The maximum Gasteiger partial charge on any atom is 0.307 e. The van der Waals surface area contributed by atoms with E-state index in [-0.39, 0.29) is 11.8 Å². The highest BCUT2D eigenvalue weighted by atomic mass is 35.5. The normalized spacial score (nSPS) is 24.2. The second-order valence-corrected chi connectivity index (χ2v) is 7.52. The van der Waals surface area contributed by atoms with E-state index in [9.17, 15) is 14.7 Å². The summed E-state index contributed by atoms with van der Waals surface area (Å²) in [4.78, 5) is 28.4. The third kappa shape index (κ3) is 3.92. The van der Waals surface area contributed by atoms with E-state index >= 15 is 0 Å². The summed E-state index contributed by atoms with van der Waals surface area (Å²) in [5.74, 6) is -1.68. The van der Waals surface area contributed by atoms with Crippen LogP contribution in [0, 0.1) is 18.8 Å². The number of piperazine rings is 1. The van der Waals surface area contributed by atoms with Crippen molar-refractivity contribution in [2.75, 3.05) is 31.1 Å². The van der Waals surface area contributed by atoms with Gasteiger partial charge in [0.1, 0.15) is 0 Å². The van der Waals surface area contributed by atoms with Gasteiger partial charge in [-0.2, -0.15) is 0 Å². The molecule has 5 nitrogen and oxygen atoms in total. The van der Waals surface area contributed by atoms with Crippen LogP contribution in [-0.4, -0.2) is 48.1 Å². The number of rotatable bonds is 3. The Morgan fingerprint density at radius 3 is 2.36 bits per heavy atom. The Labute approximate surface area is 153 Å². The number of carboxylic acids is 1. The molecule has 1 aliphatic carbocycles. The minimum atomic E-state index is -0.828. The lowest BCUT2D eigenvalue weighted by Gasteiger charge is -2.39. The van der Waals surface area contributed by atoms with Crippen LogP contribution in [0.5, 0.6) is 0 Å². The van der Waals surface area contributed by atoms with Crippen LogP contribution in [0.15, 0.2) is 18.2 Å². The summed E-state index contributed by atoms with van der Waals surface area (Å²) in [5.41, 5.74) is 2.28. The lowest BCUT2D eigenvalue weighted by Crippen LogP contribution is -2.52. The number of carbonyl (C=O) groups excluding carboxylic acids is 1. The number of aryl methyl sites for hydroxylation is 1. The third-order valence-corrected chi connectivity index (χ3v) is 5.74. The molecule has 3 rings (SSSR count). The summed E-state index contributed by atoms with van der Waals surface area (Å²) in [6, 6.07) is 5.86. The van der Waals surface area contributed by atoms with Crippen LogP contribution in [0.3, 0.4) is 0 Å². The SMILES string of the molecule is Cc1ccc(Cl)cc1N1CCN(C(=O)[C@@H]2CCCC[C@H]2C(=O)O)CC1. The fraction of sp³-hybridized carbons (Fsp3) is 0.579. The molecule has 0 spiro atoms. The van der Waals surface area contributed by atoms with Crippen LogP contribution < -0.4 is 4.90 Å². The average molecular weight is 365 g/mol. The Morgan fingerprint density at radius 1 is 1.08 bits per heavy atom. The number of aliphatic carboxylic acids is 1. The first-order chi connectivity index (χ1) is 12.0. The van der Waals surface area contributed by atoms with Crippen LogP contribution in [0.2, 0.25) is 5.02 Å². The third-order valence-electron chi connectivity index (χ3n) is 5.50. The average Bonchev–Trinajstić information content (AvgIpc) is 2.63. The first-order valence-corrected chi connectivity index (χ1v) is 9.38. The molecule has 1 N–H and O–H groups in total. The fourth-order valence-corrected chi connectivity index (χ4v) is 4.21. The number of carbonyl (C=O) groups is 2. The Balaban J connectivity index is 1.64. The van der Waals surface area contributed by atoms with Gasteiger partial charge < -0.3 is 14.9 Å². The fourth-order valence-electron chi connectivity index (χ4n) is 4.05. The Kier molecular flexibility index (Phi) is 5.52. The van der Waals surface area contributed by atoms with Crippen molar-refractivity contribution in [3.05, 3.63) is 28.8 Å². The van der Waals surface area contributed by atoms with Crippen molar-refractivity contribution in [1.82, 2.24) is 4.90 Å². The first-order valence-electron chi connectivity index (χ1n) is 9.00. The van der Waals surface area contributed by atoms with Gasteiger partial charge in [0, 0.05) is 36.9 Å². The van der Waals surface area contributed by atoms with Gasteiger partial charge in [0.25, 0.3) is 0 Å². The van der Waals surface area contributed by atoms with Crippen molar-refractivity contribution in [2.24, 2.45) is 11.8 Å². The molecule has 1 aliphatic heterocycles. The minimum Gasteiger partial charge on any atom is -0.481 e. The molecule has 2 atom stereocenters. The monoisotopic (exact) mass is 364 g/mol. The number of halogens is 1. The van der Waals surface area contributed by atoms with E-state index in [2.05, 4.69) is 11.8 Å². The van der Waals surface area contributed by atoms with E-state index in [1.165, 1.54) is 5.56 Å². The first kappa shape index (κ1) is 18.1. The van der Waals surface area contributed by atoms with Gasteiger partial charge in [0.05, 0.1) is 11.8 Å². The maximum atomic E-state index is 12.9. The number of nitrogens with zero attached hydrogens (tertiary/aromatic N) is 2. The van der Waals surface area contributed by atoms with Gasteiger partial charge in [-0.05, 0) is 37.5 Å². The second kappa shape index (κ2) is 7.65. The van der Waals surface area contributed by atoms with Crippen LogP contribution in [0.1, 0.15) is 31.2 Å². The summed E-state index contributed by atoms with van der Waals surface area (Å²) in [5, 5.41) is 10.1. The number of carboxylic acid groups (broad SMARTS) is 1. The topological polar surface area (TPSA) is 60.9 Å². The lowest BCUT2D eigenvalue weighted by atomic mass is 9.78. The smallest absolute Gasteiger partial charge is 0.307 e. The standard InChI is InChI=1S/C19H25ClN2O3/c1-13-6-7-14(20)12-17(13)21-8-10-22(11-9-21)18(23)15-4-2-3-5-16(15)19(24)25/h6-7,12,15-16H,2-5,8-11H2,1H3,(H,24,25)/t15-,16-/m1/s1. The molecule has 136 valence electrons. The molecule has 2 fully saturated rings. The molecule has 25 heavy (non-hydrogen) atoms. The predicted octanol–water partition coefficient (Wildman–Crippen LogP) is 3.19. The zero-order valence-corrected chi connectivity index (χ0v) is 15.3. The van der Waals surface area contributed by atoms with Crippen molar-refractivity contribution < 1.29 is 14.7 Å². The summed E-state index contributed by atoms with van der Waals surface area (Å²) >= 11 is 6.12. The molecule has 2 aliphatic rings. The van der Waals surface area contributed by atoms with Gasteiger partial charge in [-0.1, -0.05) is 30.5 Å². The highest BCUT2D eigenvalue weighted by Gasteiger charge is 2.38. The van der Waals surface area contributed by atoms with Crippen molar-refractivity contribution in [1.29, 1.82) is 0 Å². The summed E-state index contributed by atoms with van der Waals surface area (Å²) < 4.78 is 0. The zero-order valence-electron chi connectivity index (χ0n) is 14.6. The molecule has 0 radical (unpaired) electrons. The summed E-state index contributed by atoms with van der Waals surface area (Å²) in [6.07, 6.45) is 3.17. The highest BCUT2D eigenvalue weighted by Crippen LogP contribution is 2.32. The van der Waals surface area contributed by atoms with E-state index in [1.54, 1.807) is 0 Å². The van der Waals surface area contributed by atoms with Gasteiger partial charge in [-0.25, -0.2) is 0 Å². The van der Waals surface area contributed by atoms with Crippen molar-refractivity contribution in [2.45, 2.75) is 32.6 Å². The summed E-state index contributed by atoms with van der Waals surface area (Å²) in [6.45, 7) is 4.82. The van der Waals surface area contributed by atoms with E-state index in [0.717, 1.165) is 31.6 Å². The van der Waals surface area contributed by atoms with Gasteiger partial charge in [0.15, 0.2) is 0 Å². The Hall–Kier alpha value is -1.75. The molecule has 0 unspecified atom stereocenters. The zero-order chi connectivity index (χ0) is 18.0. The molecule has 0 aromatic heterocycles. The number of benzene rings is 1. The molecule has 1 saturated carbocycles. The van der Waals surface area contributed by atoms with E-state index in [4.69, 9.17) is 11.6 Å². The van der Waals surface area contributed by atoms with Crippen molar-refractivity contribution >= 4 is 29.2 Å². The number of hydrogen-bond acceptors (Lipinski definition) is 3. The minimum absolute atomic E-state index is 0.0227. The Bertz CT molecular complexity index is 656. The molecule has 1 aromatic rings. The number of amides is 1. The maximum absolute atomic E-state index is 12.9. The van der Waals surface area contributed by atoms with Crippen molar-refractivity contribution in [3.8, 4) is 0 Å². The van der Waals surface area contributed by atoms with Gasteiger partial charge >= 0.3 is 5.97 Å². The lowest BCUT2D eigenvalue weighted by molar-refractivity contribution is -0.152. The molecular weight excluding hydrogens is 340 g/mol. The van der Waals surface area contributed by atoms with Crippen molar-refractivity contribution in [3.63, 3.8) is 0 Å². The van der Waals surface area contributed by atoms with E-state index < -0.39 is 11.9 Å². The molecule has 1 amide bonds. The molecule has 0 bridgehead atoms. The predicted molar refractivity (Wildman–Crippen MR) is 98.1 cm³/mol. The quantitative estimate of drug-likeness (QED) is 0.894. The van der Waals surface area contributed by atoms with Crippen LogP contribution in [0.25, 0.3) is 0 Å². The highest BCUT2D eigenvalue weighted by molar-refractivity contribution is 6.30. The largest absolute Gasteiger partial charge is 0.481 e. The van der Waals surface area contributed by atoms with Crippen LogP contribution in [0.4, 0.5) is 5.69 Å². The number of hydrogen-bond donors (Lipinski definition) is 1. The van der Waals surface area contributed by atoms with Crippen LogP contribution >= 0.6 is 11.6 Å². The van der Waals surface area contributed by atoms with Gasteiger partial charge in [-0.15, -0.1) is 0 Å². The summed E-state index contributed by atoms with van der Waals surface area (Å²) in [7, 11) is 0. The second-order valence-electron chi connectivity index (χ2n) is 7.08. The molecular formula is C19H25ClN2O3. The molecule has 1 aromatic carbocycles. The van der Waals surface area contributed by atoms with Crippen LogP contribution in [-0.2, 0) is 9.59 Å². The molecule has 6 heteroatoms. The van der Waals surface area contributed by atoms with Gasteiger partial charge in [0.2, 0.25) is 5.91 Å². The van der Waals surface area contributed by atoms with E-state index in [1.807, 2.05) is 23.1 Å².